The van der Waals surface area contributed by atoms with Gasteiger partial charge in [-0.3, -0.25) is 0 Å². The van der Waals surface area contributed by atoms with Gasteiger partial charge in [0.25, 0.3) is 0 Å². The fourth-order valence-electron chi connectivity index (χ4n) is 1.69. The molecule has 0 radical (unpaired) electrons. The maximum atomic E-state index is 2.46. The SMILES string of the molecule is CN(C)[Si](C)(C)C[Si](C)(N(C)C)N(C)C. The quantitative estimate of drug-likeness (QED) is 0.682. The third-order valence-electron chi connectivity index (χ3n) is 3.91. The van der Waals surface area contributed by atoms with Crippen LogP contribution >= 0.6 is 0 Å². The van der Waals surface area contributed by atoms with Crippen LogP contribution in [0.4, 0.5) is 0 Å². The summed E-state index contributed by atoms with van der Waals surface area (Å²) in [7, 11) is 10.7. The summed E-state index contributed by atoms with van der Waals surface area (Å²) in [6.45, 7) is 7.39. The van der Waals surface area contributed by atoms with Gasteiger partial charge in [0.15, 0.2) is 0 Å². The second kappa shape index (κ2) is 5.10. The Kier molecular flexibility index (Phi) is 5.20. The van der Waals surface area contributed by atoms with E-state index >= 15 is 0 Å². The van der Waals surface area contributed by atoms with Crippen LogP contribution in [0.25, 0.3) is 0 Å². The molecule has 0 atom stereocenters. The van der Waals surface area contributed by atoms with Crippen LogP contribution in [0.3, 0.4) is 0 Å². The maximum absolute atomic E-state index is 2.46. The van der Waals surface area contributed by atoms with E-state index in [2.05, 4.69) is 75.6 Å². The highest BCUT2D eigenvalue weighted by molar-refractivity contribution is 6.91. The molecular weight excluding hydrogens is 218 g/mol. The zero-order valence-corrected chi connectivity index (χ0v) is 14.0. The monoisotopic (exact) mass is 247 g/mol. The van der Waals surface area contributed by atoms with Gasteiger partial charge in [-0.2, -0.15) is 0 Å². The Morgan fingerprint density at radius 2 is 1.00 bits per heavy atom. The van der Waals surface area contributed by atoms with Crippen molar-refractivity contribution in [3.63, 3.8) is 0 Å². The summed E-state index contributed by atoms with van der Waals surface area (Å²) < 4.78 is 7.39. The molecule has 0 aromatic rings. The average Bonchev–Trinajstić information content (AvgIpc) is 2.02. The van der Waals surface area contributed by atoms with Gasteiger partial charge in [-0.05, 0) is 54.5 Å². The summed E-state index contributed by atoms with van der Waals surface area (Å²) in [5, 5.41) is 0. The van der Waals surface area contributed by atoms with E-state index in [0.717, 1.165) is 0 Å². The van der Waals surface area contributed by atoms with Crippen molar-refractivity contribution in [3.05, 3.63) is 0 Å². The Morgan fingerprint density at radius 3 is 1.20 bits per heavy atom. The maximum Gasteiger partial charge on any atom is 0.201 e. The smallest absolute Gasteiger partial charge is 0.201 e. The minimum absolute atomic E-state index is 1.23. The lowest BCUT2D eigenvalue weighted by Gasteiger charge is -2.45. The fourth-order valence-corrected chi connectivity index (χ4v) is 12.8. The third kappa shape index (κ3) is 3.67. The molecule has 5 heteroatoms. The van der Waals surface area contributed by atoms with Crippen molar-refractivity contribution in [1.82, 2.24) is 13.7 Å². The highest BCUT2D eigenvalue weighted by Crippen LogP contribution is 2.24. The molecule has 0 spiro atoms. The minimum atomic E-state index is -1.42. The second-order valence-electron chi connectivity index (χ2n) is 5.89. The normalized spacial score (nSPS) is 14.4. The van der Waals surface area contributed by atoms with Crippen LogP contribution in [-0.4, -0.2) is 72.6 Å². The van der Waals surface area contributed by atoms with Crippen LogP contribution in [0, 0.1) is 0 Å². The Hall–Kier alpha value is 0.314. The molecule has 0 aliphatic carbocycles. The molecule has 0 saturated carbocycles. The molecule has 0 saturated heterocycles. The van der Waals surface area contributed by atoms with E-state index in [-0.39, 0.29) is 0 Å². The van der Waals surface area contributed by atoms with Crippen molar-refractivity contribution < 1.29 is 0 Å². The zero-order chi connectivity index (χ0) is 12.4. The lowest BCUT2D eigenvalue weighted by Crippen LogP contribution is -2.64. The predicted molar refractivity (Wildman–Crippen MR) is 75.0 cm³/mol. The second-order valence-corrected chi connectivity index (χ2v) is 16.0. The van der Waals surface area contributed by atoms with Gasteiger partial charge < -0.3 is 13.7 Å². The number of hydrogen-bond acceptors (Lipinski definition) is 3. The first-order valence-electron chi connectivity index (χ1n) is 5.56. The van der Waals surface area contributed by atoms with Gasteiger partial charge >= 0.3 is 0 Å². The lowest BCUT2D eigenvalue weighted by molar-refractivity contribution is 0.487. The summed E-state index contributed by atoms with van der Waals surface area (Å²) in [6, 6.07) is 0. The van der Waals surface area contributed by atoms with Crippen LogP contribution in [-0.2, 0) is 0 Å². The summed E-state index contributed by atoms with van der Waals surface area (Å²) >= 11 is 0. The van der Waals surface area contributed by atoms with Gasteiger partial charge in [0.1, 0.15) is 8.24 Å². The van der Waals surface area contributed by atoms with Gasteiger partial charge in [0.05, 0.1) is 0 Å². The van der Waals surface area contributed by atoms with E-state index in [0.29, 0.717) is 0 Å². The van der Waals surface area contributed by atoms with Gasteiger partial charge in [-0.1, -0.05) is 13.1 Å². The van der Waals surface area contributed by atoms with E-state index < -0.39 is 16.6 Å². The van der Waals surface area contributed by atoms with Crippen molar-refractivity contribution >= 4 is 16.6 Å². The molecule has 0 amide bonds. The molecule has 0 aliphatic heterocycles. The van der Waals surface area contributed by atoms with Gasteiger partial charge in [0, 0.05) is 0 Å². The third-order valence-corrected chi connectivity index (χ3v) is 16.3. The van der Waals surface area contributed by atoms with Crippen molar-refractivity contribution in [3.8, 4) is 0 Å². The fraction of sp³-hybridized carbons (Fsp3) is 1.00. The van der Waals surface area contributed by atoms with Crippen LogP contribution in [0.15, 0.2) is 0 Å². The van der Waals surface area contributed by atoms with Crippen LogP contribution in [0.5, 0.6) is 0 Å². The first kappa shape index (κ1) is 15.3. The van der Waals surface area contributed by atoms with Gasteiger partial charge in [-0.25, -0.2) is 0 Å². The van der Waals surface area contributed by atoms with Crippen molar-refractivity contribution in [2.24, 2.45) is 0 Å². The van der Waals surface area contributed by atoms with Crippen molar-refractivity contribution in [2.75, 3.05) is 42.3 Å². The van der Waals surface area contributed by atoms with Crippen molar-refractivity contribution in [2.45, 2.75) is 25.3 Å². The number of hydrogen-bond donors (Lipinski definition) is 0. The van der Waals surface area contributed by atoms with Gasteiger partial charge in [-0.15, -0.1) is 0 Å². The molecule has 0 N–H and O–H groups in total. The Morgan fingerprint density at radius 1 is 0.667 bits per heavy atom. The van der Waals surface area contributed by atoms with E-state index in [1.54, 1.807) is 0 Å². The first-order chi connectivity index (χ1) is 6.54. The molecule has 0 aromatic heterocycles. The minimum Gasteiger partial charge on any atom is -0.329 e. The summed E-state index contributed by atoms with van der Waals surface area (Å²) in [5.74, 6) is 0. The van der Waals surface area contributed by atoms with Crippen LogP contribution < -0.4 is 0 Å². The molecule has 0 aromatic carbocycles. The summed E-state index contributed by atoms with van der Waals surface area (Å²) in [6.07, 6.45) is 0. The molecule has 15 heavy (non-hydrogen) atoms. The average molecular weight is 248 g/mol. The van der Waals surface area contributed by atoms with Crippen LogP contribution in [0.1, 0.15) is 0 Å². The Balaban J connectivity index is 4.85. The summed E-state index contributed by atoms with van der Waals surface area (Å²) in [5.41, 5.74) is 1.38. The highest BCUT2D eigenvalue weighted by Gasteiger charge is 2.41. The van der Waals surface area contributed by atoms with E-state index in [4.69, 9.17) is 0 Å². The molecule has 0 bridgehead atoms. The molecule has 92 valence electrons. The largest absolute Gasteiger partial charge is 0.329 e. The molecule has 0 aliphatic rings. The molecule has 0 rings (SSSR count). The predicted octanol–water partition coefficient (Wildman–Crippen LogP) is 1.49. The standard InChI is InChI=1S/C10H29N3Si2/c1-11(2)14(7,8)10-15(9,12(3)4)13(5)6/h10H2,1-9H3. The zero-order valence-electron chi connectivity index (χ0n) is 12.0. The lowest BCUT2D eigenvalue weighted by atomic mass is 11.2. The highest BCUT2D eigenvalue weighted by atomic mass is 28.4. The Bertz CT molecular complexity index is 195. The first-order valence-corrected chi connectivity index (χ1v) is 11.3. The molecular formula is C10H29N3Si2. The summed E-state index contributed by atoms with van der Waals surface area (Å²) in [4.78, 5) is 0. The molecule has 3 nitrogen and oxygen atoms in total. The Labute approximate surface area is 98.3 Å². The topological polar surface area (TPSA) is 9.72 Å². The number of nitrogens with zero attached hydrogens (tertiary/aromatic N) is 3. The van der Waals surface area contributed by atoms with E-state index in [1.165, 1.54) is 5.67 Å². The van der Waals surface area contributed by atoms with E-state index in [9.17, 15) is 0 Å². The molecule has 0 unspecified atom stereocenters. The molecule has 0 fully saturated rings. The van der Waals surface area contributed by atoms with Gasteiger partial charge in [0.2, 0.25) is 8.40 Å². The van der Waals surface area contributed by atoms with Crippen LogP contribution in [0.2, 0.25) is 25.3 Å². The molecule has 0 heterocycles. The number of rotatable bonds is 5. The van der Waals surface area contributed by atoms with E-state index in [1.807, 2.05) is 0 Å². The van der Waals surface area contributed by atoms with Crippen molar-refractivity contribution in [1.29, 1.82) is 0 Å².